The number of piperidine rings is 1. The van der Waals surface area contributed by atoms with Crippen molar-refractivity contribution < 1.29 is 9.90 Å². The molecule has 1 saturated carbocycles. The minimum Gasteiger partial charge on any atom is -0.382 e. The second-order valence-electron chi connectivity index (χ2n) is 7.99. The summed E-state index contributed by atoms with van der Waals surface area (Å²) in [5, 5.41) is 19.5. The van der Waals surface area contributed by atoms with E-state index in [0.717, 1.165) is 24.8 Å². The summed E-state index contributed by atoms with van der Waals surface area (Å²) < 4.78 is 1.75. The highest BCUT2D eigenvalue weighted by Crippen LogP contribution is 2.50. The largest absolute Gasteiger partial charge is 0.382 e. The molecule has 1 saturated heterocycles. The van der Waals surface area contributed by atoms with Gasteiger partial charge < -0.3 is 10.0 Å². The first-order valence-corrected chi connectivity index (χ1v) is 9.44. The number of nitrogens with zero attached hydrogens (tertiary/aromatic N) is 4. The van der Waals surface area contributed by atoms with E-state index in [1.54, 1.807) is 4.68 Å². The van der Waals surface area contributed by atoms with Crippen LogP contribution in [0.1, 0.15) is 56.8 Å². The third-order valence-electron chi connectivity index (χ3n) is 5.76. The summed E-state index contributed by atoms with van der Waals surface area (Å²) in [6.45, 7) is 5.02. The van der Waals surface area contributed by atoms with E-state index in [0.29, 0.717) is 18.7 Å². The summed E-state index contributed by atoms with van der Waals surface area (Å²) in [6.07, 6.45) is 4.94. The van der Waals surface area contributed by atoms with Gasteiger partial charge in [-0.2, -0.15) is 0 Å². The number of aliphatic hydroxyl groups is 1. The quantitative estimate of drug-likeness (QED) is 0.915. The van der Waals surface area contributed by atoms with E-state index in [1.807, 2.05) is 55.3 Å². The highest BCUT2D eigenvalue weighted by molar-refractivity contribution is 5.91. The summed E-state index contributed by atoms with van der Waals surface area (Å²) in [4.78, 5) is 15.1. The Kier molecular flexibility index (Phi) is 4.10. The van der Waals surface area contributed by atoms with Gasteiger partial charge in [0, 0.05) is 12.6 Å². The zero-order valence-electron chi connectivity index (χ0n) is 15.4. The van der Waals surface area contributed by atoms with Gasteiger partial charge in [-0.25, -0.2) is 4.68 Å². The summed E-state index contributed by atoms with van der Waals surface area (Å²) in [6, 6.07) is 10.2. The zero-order valence-corrected chi connectivity index (χ0v) is 15.4. The van der Waals surface area contributed by atoms with E-state index in [2.05, 4.69) is 10.3 Å². The fraction of sp³-hybridized carbons (Fsp3) is 0.550. The van der Waals surface area contributed by atoms with E-state index in [4.69, 9.17) is 0 Å². The van der Waals surface area contributed by atoms with E-state index >= 15 is 0 Å². The Morgan fingerprint density at radius 1 is 1.19 bits per heavy atom. The fourth-order valence-electron chi connectivity index (χ4n) is 3.97. The van der Waals surface area contributed by atoms with E-state index in [1.165, 1.54) is 0 Å². The summed E-state index contributed by atoms with van der Waals surface area (Å²) in [5.74, 6) is 0.137. The summed E-state index contributed by atoms with van der Waals surface area (Å²) in [5.41, 5.74) is 0.140. The normalized spacial score (nSPS) is 24.7. The maximum Gasteiger partial charge on any atom is 0.233 e. The highest BCUT2D eigenvalue weighted by Gasteiger charge is 2.54. The van der Waals surface area contributed by atoms with Crippen molar-refractivity contribution in [2.24, 2.45) is 0 Å². The average Bonchev–Trinajstić information content (AvgIpc) is 3.29. The SMILES string of the molecule is CC(C)n1cc(C2(O)CCCN(C(=O)C3(c4ccccc4)CC3)C2)nn1. The van der Waals surface area contributed by atoms with Crippen molar-refractivity contribution in [1.29, 1.82) is 0 Å². The molecule has 1 amide bonds. The van der Waals surface area contributed by atoms with Crippen molar-refractivity contribution in [1.82, 2.24) is 19.9 Å². The van der Waals surface area contributed by atoms with Gasteiger partial charge in [-0.1, -0.05) is 35.5 Å². The second kappa shape index (κ2) is 6.20. The molecule has 2 heterocycles. The van der Waals surface area contributed by atoms with Crippen molar-refractivity contribution >= 4 is 5.91 Å². The van der Waals surface area contributed by atoms with Crippen LogP contribution in [0.15, 0.2) is 36.5 Å². The van der Waals surface area contributed by atoms with Gasteiger partial charge in [0.1, 0.15) is 11.3 Å². The number of rotatable bonds is 4. The lowest BCUT2D eigenvalue weighted by Gasteiger charge is -2.39. The van der Waals surface area contributed by atoms with Crippen LogP contribution in [0.25, 0.3) is 0 Å². The number of benzene rings is 1. The van der Waals surface area contributed by atoms with Crippen LogP contribution in [0, 0.1) is 0 Å². The Labute approximate surface area is 153 Å². The number of likely N-dealkylation sites (tertiary alicyclic amines) is 1. The van der Waals surface area contributed by atoms with Crippen LogP contribution in [0.4, 0.5) is 0 Å². The van der Waals surface area contributed by atoms with Crippen molar-refractivity contribution in [2.45, 2.75) is 56.6 Å². The molecule has 2 aliphatic rings. The number of hydrogen-bond donors (Lipinski definition) is 1. The van der Waals surface area contributed by atoms with Crippen LogP contribution in [0.5, 0.6) is 0 Å². The van der Waals surface area contributed by atoms with Gasteiger partial charge in [0.25, 0.3) is 0 Å². The van der Waals surface area contributed by atoms with Crippen molar-refractivity contribution in [2.75, 3.05) is 13.1 Å². The molecular formula is C20H26N4O2. The van der Waals surface area contributed by atoms with Gasteiger partial charge in [-0.15, -0.1) is 5.10 Å². The number of hydrogen-bond acceptors (Lipinski definition) is 4. The zero-order chi connectivity index (χ0) is 18.4. The summed E-state index contributed by atoms with van der Waals surface area (Å²) >= 11 is 0. The first-order valence-electron chi connectivity index (χ1n) is 9.44. The Morgan fingerprint density at radius 3 is 2.54 bits per heavy atom. The Balaban J connectivity index is 1.56. The number of carbonyl (C=O) groups is 1. The standard InChI is InChI=1S/C20H26N4O2/c1-15(2)24-13-17(21-22-24)20(26)9-6-12-23(14-20)18(25)19(10-11-19)16-7-4-3-5-8-16/h3-5,7-8,13,15,26H,6,9-12,14H2,1-2H3. The second-order valence-corrected chi connectivity index (χ2v) is 7.99. The number of β-amino-alcohol motifs (C(OH)–C–C–N with tert-alkyl or cyclic N) is 1. The van der Waals surface area contributed by atoms with Crippen LogP contribution < -0.4 is 0 Å². The predicted molar refractivity (Wildman–Crippen MR) is 97.5 cm³/mol. The lowest BCUT2D eigenvalue weighted by atomic mass is 9.87. The molecule has 1 unspecified atom stereocenters. The highest BCUT2D eigenvalue weighted by atomic mass is 16.3. The van der Waals surface area contributed by atoms with Gasteiger partial charge in [0.2, 0.25) is 5.91 Å². The molecule has 2 aromatic rings. The molecule has 4 rings (SSSR count). The molecule has 1 aliphatic carbocycles. The van der Waals surface area contributed by atoms with Crippen LogP contribution in [-0.2, 0) is 15.8 Å². The van der Waals surface area contributed by atoms with Gasteiger partial charge in [0.05, 0.1) is 18.2 Å². The third-order valence-corrected chi connectivity index (χ3v) is 5.76. The Morgan fingerprint density at radius 2 is 1.92 bits per heavy atom. The number of aromatic nitrogens is 3. The molecule has 0 spiro atoms. The smallest absolute Gasteiger partial charge is 0.233 e. The molecule has 0 radical (unpaired) electrons. The number of amides is 1. The van der Waals surface area contributed by atoms with E-state index in [9.17, 15) is 9.90 Å². The van der Waals surface area contributed by atoms with Gasteiger partial charge >= 0.3 is 0 Å². The average molecular weight is 354 g/mol. The van der Waals surface area contributed by atoms with Crippen molar-refractivity contribution in [3.05, 3.63) is 47.8 Å². The molecule has 6 heteroatoms. The van der Waals surface area contributed by atoms with Crippen LogP contribution in [0.3, 0.4) is 0 Å². The van der Waals surface area contributed by atoms with Crippen molar-refractivity contribution in [3.63, 3.8) is 0 Å². The molecular weight excluding hydrogens is 328 g/mol. The maximum atomic E-state index is 13.3. The molecule has 1 aliphatic heterocycles. The molecule has 2 fully saturated rings. The van der Waals surface area contributed by atoms with Crippen molar-refractivity contribution in [3.8, 4) is 0 Å². The van der Waals surface area contributed by atoms with Crippen LogP contribution in [-0.4, -0.2) is 44.0 Å². The molecule has 6 nitrogen and oxygen atoms in total. The topological polar surface area (TPSA) is 71.2 Å². The first kappa shape index (κ1) is 17.2. The minimum atomic E-state index is -1.12. The fourth-order valence-corrected chi connectivity index (χ4v) is 3.97. The predicted octanol–water partition coefficient (Wildman–Crippen LogP) is 2.40. The van der Waals surface area contributed by atoms with Gasteiger partial charge in [-0.3, -0.25) is 4.79 Å². The molecule has 0 bridgehead atoms. The number of carbonyl (C=O) groups excluding carboxylic acids is 1. The molecule has 1 aromatic heterocycles. The lowest BCUT2D eigenvalue weighted by molar-refractivity contribution is -0.141. The molecule has 1 N–H and O–H groups in total. The molecule has 1 aromatic carbocycles. The monoisotopic (exact) mass is 354 g/mol. The lowest BCUT2D eigenvalue weighted by Crippen LogP contribution is -2.51. The third kappa shape index (κ3) is 2.82. The Hall–Kier alpha value is -2.21. The molecule has 138 valence electrons. The van der Waals surface area contributed by atoms with Gasteiger partial charge in [0.15, 0.2) is 0 Å². The van der Waals surface area contributed by atoms with E-state index < -0.39 is 11.0 Å². The minimum absolute atomic E-state index is 0.137. The molecule has 1 atom stereocenters. The maximum absolute atomic E-state index is 13.3. The van der Waals surface area contributed by atoms with Crippen LogP contribution >= 0.6 is 0 Å². The van der Waals surface area contributed by atoms with Gasteiger partial charge in [-0.05, 0) is 45.1 Å². The Bertz CT molecular complexity index is 797. The first-order chi connectivity index (χ1) is 12.4. The van der Waals surface area contributed by atoms with Crippen LogP contribution in [0.2, 0.25) is 0 Å². The summed E-state index contributed by atoms with van der Waals surface area (Å²) in [7, 11) is 0. The molecule has 26 heavy (non-hydrogen) atoms. The van der Waals surface area contributed by atoms with E-state index in [-0.39, 0.29) is 18.5 Å².